The first-order valence-electron chi connectivity index (χ1n) is 3.88. The van der Waals surface area contributed by atoms with Gasteiger partial charge in [-0.2, -0.15) is 13.2 Å². The van der Waals surface area contributed by atoms with Gasteiger partial charge in [0.15, 0.2) is 5.06 Å². The van der Waals surface area contributed by atoms with Crippen LogP contribution in [-0.4, -0.2) is 11.9 Å². The number of thiophene rings is 1. The molecule has 0 spiro atoms. The van der Waals surface area contributed by atoms with Gasteiger partial charge in [0.25, 0.3) is 0 Å². The minimum Gasteiger partial charge on any atom is -0.484 e. The lowest BCUT2D eigenvalue weighted by Gasteiger charge is -2.02. The van der Waals surface area contributed by atoms with Gasteiger partial charge < -0.3 is 4.74 Å². The molecule has 0 N–H and O–H groups in total. The molecule has 0 amide bonds. The molecule has 1 nitrogen and oxygen atoms in total. The molecule has 1 rings (SSSR count). The molecule has 1 heterocycles. The van der Waals surface area contributed by atoms with E-state index in [1.54, 1.807) is 0 Å². The van der Waals surface area contributed by atoms with E-state index in [1.807, 2.05) is 0 Å². The van der Waals surface area contributed by atoms with E-state index in [0.717, 1.165) is 34.5 Å². The van der Waals surface area contributed by atoms with Crippen molar-refractivity contribution in [3.63, 3.8) is 0 Å². The SMILES string of the molecule is FC(F)(F)c1csc(OCCCBr)c1. The Bertz CT molecular complexity index is 284. The molecule has 1 aromatic rings. The molecule has 0 atom stereocenters. The second-order valence-electron chi connectivity index (χ2n) is 2.54. The monoisotopic (exact) mass is 288 g/mol. The first-order chi connectivity index (χ1) is 6.54. The van der Waals surface area contributed by atoms with Gasteiger partial charge in [0.2, 0.25) is 0 Å². The molecule has 0 saturated heterocycles. The van der Waals surface area contributed by atoms with Crippen molar-refractivity contribution >= 4 is 27.3 Å². The molecule has 0 aliphatic rings. The Morgan fingerprint density at radius 2 is 2.14 bits per heavy atom. The first kappa shape index (κ1) is 11.8. The molecular formula is C8H8BrF3OS. The summed E-state index contributed by atoms with van der Waals surface area (Å²) in [4.78, 5) is 0. The van der Waals surface area contributed by atoms with Crippen molar-refractivity contribution in [2.75, 3.05) is 11.9 Å². The highest BCUT2D eigenvalue weighted by Crippen LogP contribution is 2.35. The van der Waals surface area contributed by atoms with Crippen LogP contribution in [0.15, 0.2) is 11.4 Å². The van der Waals surface area contributed by atoms with Crippen LogP contribution in [0.5, 0.6) is 5.06 Å². The van der Waals surface area contributed by atoms with E-state index < -0.39 is 11.7 Å². The Hall–Kier alpha value is -0.230. The summed E-state index contributed by atoms with van der Waals surface area (Å²) in [6.45, 7) is 0.434. The number of hydrogen-bond donors (Lipinski definition) is 0. The molecule has 0 aliphatic carbocycles. The summed E-state index contributed by atoms with van der Waals surface area (Å²) in [5, 5.41) is 2.16. The van der Waals surface area contributed by atoms with E-state index in [4.69, 9.17) is 4.74 Å². The maximum atomic E-state index is 12.1. The number of rotatable bonds is 4. The van der Waals surface area contributed by atoms with Crippen LogP contribution in [0.3, 0.4) is 0 Å². The maximum absolute atomic E-state index is 12.1. The van der Waals surface area contributed by atoms with Crippen LogP contribution in [0.25, 0.3) is 0 Å². The standard InChI is InChI=1S/C8H8BrF3OS/c9-2-1-3-13-7-4-6(5-14-7)8(10,11)12/h4-5H,1-3H2. The second-order valence-corrected chi connectivity index (χ2v) is 4.21. The minimum atomic E-state index is -4.27. The fourth-order valence-electron chi connectivity index (χ4n) is 0.768. The van der Waals surface area contributed by atoms with Gasteiger partial charge in [-0.25, -0.2) is 0 Å². The zero-order valence-corrected chi connectivity index (χ0v) is 9.51. The highest BCUT2D eigenvalue weighted by Gasteiger charge is 2.31. The van der Waals surface area contributed by atoms with E-state index >= 15 is 0 Å². The summed E-state index contributed by atoms with van der Waals surface area (Å²) in [5.41, 5.74) is -0.642. The van der Waals surface area contributed by atoms with Gasteiger partial charge >= 0.3 is 6.18 Å². The Morgan fingerprint density at radius 1 is 1.43 bits per heavy atom. The summed E-state index contributed by atoms with van der Waals surface area (Å²) < 4.78 is 41.5. The van der Waals surface area contributed by atoms with Crippen molar-refractivity contribution in [3.05, 3.63) is 17.0 Å². The Morgan fingerprint density at radius 3 is 2.64 bits per heavy atom. The molecule has 80 valence electrons. The van der Waals surface area contributed by atoms with Gasteiger partial charge in [0.1, 0.15) is 0 Å². The van der Waals surface area contributed by atoms with Crippen molar-refractivity contribution in [2.24, 2.45) is 0 Å². The zero-order chi connectivity index (χ0) is 10.6. The predicted octanol–water partition coefficient (Wildman–Crippen LogP) is 3.93. The zero-order valence-electron chi connectivity index (χ0n) is 7.10. The predicted molar refractivity (Wildman–Crippen MR) is 53.2 cm³/mol. The molecule has 0 radical (unpaired) electrons. The summed E-state index contributed by atoms with van der Waals surface area (Å²) in [7, 11) is 0. The molecular weight excluding hydrogens is 281 g/mol. The molecule has 1 aromatic heterocycles. The van der Waals surface area contributed by atoms with Crippen molar-refractivity contribution in [2.45, 2.75) is 12.6 Å². The Balaban J connectivity index is 2.51. The van der Waals surface area contributed by atoms with Crippen LogP contribution in [0.4, 0.5) is 13.2 Å². The molecule has 0 bridgehead atoms. The molecule has 0 aromatic carbocycles. The summed E-state index contributed by atoms with van der Waals surface area (Å²) in [5.74, 6) is 0. The van der Waals surface area contributed by atoms with Crippen molar-refractivity contribution in [1.82, 2.24) is 0 Å². The Labute approximate surface area is 92.0 Å². The average molecular weight is 289 g/mol. The van der Waals surface area contributed by atoms with Crippen LogP contribution < -0.4 is 4.74 Å². The topological polar surface area (TPSA) is 9.23 Å². The van der Waals surface area contributed by atoms with Gasteiger partial charge in [-0.15, -0.1) is 11.3 Å². The van der Waals surface area contributed by atoms with Gasteiger partial charge in [-0.1, -0.05) is 15.9 Å². The summed E-state index contributed by atoms with van der Waals surface area (Å²) >= 11 is 4.17. The van der Waals surface area contributed by atoms with Crippen LogP contribution in [0.1, 0.15) is 12.0 Å². The van der Waals surface area contributed by atoms with Crippen LogP contribution in [0.2, 0.25) is 0 Å². The lowest BCUT2D eigenvalue weighted by atomic mass is 10.3. The van der Waals surface area contributed by atoms with Crippen molar-refractivity contribution in [1.29, 1.82) is 0 Å². The number of halogens is 4. The number of alkyl halides is 4. The fourth-order valence-corrected chi connectivity index (χ4v) is 1.79. The molecule has 14 heavy (non-hydrogen) atoms. The minimum absolute atomic E-state index is 0.318. The first-order valence-corrected chi connectivity index (χ1v) is 5.88. The lowest BCUT2D eigenvalue weighted by molar-refractivity contribution is -0.137. The molecule has 0 saturated carbocycles. The quantitative estimate of drug-likeness (QED) is 0.603. The van der Waals surface area contributed by atoms with E-state index in [0.29, 0.717) is 11.7 Å². The van der Waals surface area contributed by atoms with Crippen LogP contribution in [-0.2, 0) is 6.18 Å². The molecule has 0 aliphatic heterocycles. The smallest absolute Gasteiger partial charge is 0.417 e. The van der Waals surface area contributed by atoms with Crippen molar-refractivity contribution < 1.29 is 17.9 Å². The van der Waals surface area contributed by atoms with E-state index in [2.05, 4.69) is 15.9 Å². The van der Waals surface area contributed by atoms with E-state index in [1.165, 1.54) is 0 Å². The van der Waals surface area contributed by atoms with Crippen LogP contribution >= 0.6 is 27.3 Å². The third-order valence-electron chi connectivity index (χ3n) is 1.43. The second kappa shape index (κ2) is 5.02. The third kappa shape index (κ3) is 3.49. The number of hydrogen-bond acceptors (Lipinski definition) is 2. The highest BCUT2D eigenvalue weighted by atomic mass is 79.9. The molecule has 0 fully saturated rings. The third-order valence-corrected chi connectivity index (χ3v) is 2.83. The average Bonchev–Trinajstić information content (AvgIpc) is 2.52. The molecule has 6 heteroatoms. The number of ether oxygens (including phenoxy) is 1. The highest BCUT2D eigenvalue weighted by molar-refractivity contribution is 9.09. The van der Waals surface area contributed by atoms with E-state index in [-0.39, 0.29) is 0 Å². The largest absolute Gasteiger partial charge is 0.484 e. The normalized spacial score (nSPS) is 11.7. The molecule has 0 unspecified atom stereocenters. The fraction of sp³-hybridized carbons (Fsp3) is 0.500. The summed E-state index contributed by atoms with van der Waals surface area (Å²) in [6.07, 6.45) is -3.49. The summed E-state index contributed by atoms with van der Waals surface area (Å²) in [6, 6.07) is 1.03. The Kier molecular flexibility index (Phi) is 4.25. The lowest BCUT2D eigenvalue weighted by Crippen LogP contribution is -2.02. The van der Waals surface area contributed by atoms with Crippen molar-refractivity contribution in [3.8, 4) is 5.06 Å². The van der Waals surface area contributed by atoms with Gasteiger partial charge in [0.05, 0.1) is 12.2 Å². The van der Waals surface area contributed by atoms with Gasteiger partial charge in [-0.3, -0.25) is 0 Å². The van der Waals surface area contributed by atoms with Crippen LogP contribution in [0, 0.1) is 0 Å². The van der Waals surface area contributed by atoms with Gasteiger partial charge in [0, 0.05) is 16.8 Å². The maximum Gasteiger partial charge on any atom is 0.417 e. The van der Waals surface area contributed by atoms with E-state index in [9.17, 15) is 13.2 Å². The van der Waals surface area contributed by atoms with Gasteiger partial charge in [-0.05, 0) is 6.42 Å².